The molecule has 3 amide bonds. The molecule has 2 saturated heterocycles. The zero-order chi connectivity index (χ0) is 34.0. The van der Waals surface area contributed by atoms with Gasteiger partial charge >= 0.3 is 25.4 Å². The summed E-state index contributed by atoms with van der Waals surface area (Å²) >= 11 is 0. The number of imide groups is 1. The topological polar surface area (TPSA) is 260 Å². The summed E-state index contributed by atoms with van der Waals surface area (Å²) < 4.78 is 48.4. The molecule has 2 N–H and O–H groups in total. The molecule has 5 rings (SSSR count). The highest BCUT2D eigenvalue weighted by Crippen LogP contribution is 2.48. The van der Waals surface area contributed by atoms with Crippen LogP contribution < -0.4 is 16.6 Å². The van der Waals surface area contributed by atoms with Gasteiger partial charge in [-0.25, -0.2) is 14.2 Å². The molecule has 3 aliphatic heterocycles. The van der Waals surface area contributed by atoms with Gasteiger partial charge in [0.15, 0.2) is 0 Å². The van der Waals surface area contributed by atoms with Gasteiger partial charge < -0.3 is 38.5 Å². The number of carbonyl (C=O) groups is 2. The Hall–Kier alpha value is -4.08. The van der Waals surface area contributed by atoms with Crippen molar-refractivity contribution in [3.63, 3.8) is 0 Å². The van der Waals surface area contributed by atoms with E-state index in [1.807, 2.05) is 0 Å². The molecule has 7 atom stereocenters. The van der Waals surface area contributed by atoms with Gasteiger partial charge in [-0.2, -0.15) is 5.32 Å². The van der Waals surface area contributed by atoms with Crippen molar-refractivity contribution < 1.29 is 52.0 Å². The number of rotatable bonds is 13. The molecule has 255 valence electrons. The molecule has 0 aromatic carbocycles. The number of imidazole rings is 1. The van der Waals surface area contributed by atoms with Crippen LogP contribution >= 0.6 is 7.82 Å². The molecule has 0 spiro atoms. The molecule has 1 radical (unpaired) electrons. The minimum atomic E-state index is -4.80. The fourth-order valence-corrected chi connectivity index (χ4v) is 6.23. The summed E-state index contributed by atoms with van der Waals surface area (Å²) in [7, 11) is -2.05. The largest absolute Gasteiger partial charge is 0.472 e. The number of H-pyrrole nitrogens is 1. The van der Waals surface area contributed by atoms with Crippen molar-refractivity contribution in [2.75, 3.05) is 27.4 Å². The molecule has 21 nitrogen and oxygen atoms in total. The SMILES string of the molecule is COC[C@H]1O[C@@H](N2C=C(C)C(=O)[N]C2=O)C[C@H]1OP(=O)(O)OC[C@H]1O[C@@H](n2cc(Cn3cnc([N+](=O)[O-])c3)c(=O)[nH]c2=O)C[C@H]1OC. The molecule has 5 heterocycles. The van der Waals surface area contributed by atoms with Crippen molar-refractivity contribution in [2.45, 2.75) is 63.2 Å². The standard InChI is InChI=1S/C25H31N7O14P/c1-13-6-30(24(35)27-22(13)33)21-5-16(17(44-21)10-41-2)46-47(39,40)43-11-18-15(42-3)4-20(45-18)31-8-14(23(34)28-25(31)36)7-29-9-19(26-12-29)32(37)38/h6,8-9,12,15-18,20-21H,4-5,7,10-11H2,1-3H3,(H,39,40)(H,28,34,36)/t15-,16-,17-,18-,20-,21-/m1/s1. The molecule has 3 aliphatic rings. The first-order chi connectivity index (χ1) is 22.3. The molecule has 22 heteroatoms. The van der Waals surface area contributed by atoms with E-state index in [2.05, 4.69) is 15.3 Å². The first kappa shape index (κ1) is 34.3. The second-order valence-corrected chi connectivity index (χ2v) is 12.2. The van der Waals surface area contributed by atoms with E-state index in [9.17, 15) is 38.8 Å². The van der Waals surface area contributed by atoms with E-state index in [-0.39, 0.29) is 37.1 Å². The number of amides is 3. The molecule has 2 fully saturated rings. The Bertz CT molecular complexity index is 1720. The zero-order valence-electron chi connectivity index (χ0n) is 25.2. The van der Waals surface area contributed by atoms with Crippen LogP contribution in [0.5, 0.6) is 0 Å². The summed E-state index contributed by atoms with van der Waals surface area (Å²) in [5.41, 5.74) is -1.25. The molecular formula is C25H31N7O14P. The average molecular weight is 685 g/mol. The number of hydrogen-bond donors (Lipinski definition) is 2. The molecule has 2 aromatic rings. The third-order valence-electron chi connectivity index (χ3n) is 7.58. The van der Waals surface area contributed by atoms with Gasteiger partial charge in [0.05, 0.1) is 31.4 Å². The predicted octanol–water partition coefficient (Wildman–Crippen LogP) is -0.274. The van der Waals surface area contributed by atoms with Gasteiger partial charge in [0, 0.05) is 45.0 Å². The summed E-state index contributed by atoms with van der Waals surface area (Å²) in [6.07, 6.45) is -0.768. The van der Waals surface area contributed by atoms with Gasteiger partial charge in [0.25, 0.3) is 11.5 Å². The lowest BCUT2D eigenvalue weighted by molar-refractivity contribution is -0.389. The number of urea groups is 1. The van der Waals surface area contributed by atoms with Crippen molar-refractivity contribution in [2.24, 2.45) is 0 Å². The second kappa shape index (κ2) is 14.0. The summed E-state index contributed by atoms with van der Waals surface area (Å²) in [6.45, 7) is 0.767. The van der Waals surface area contributed by atoms with Gasteiger partial charge in [0.2, 0.25) is 6.33 Å². The Morgan fingerprint density at radius 1 is 1.11 bits per heavy atom. The lowest BCUT2D eigenvalue weighted by Gasteiger charge is -2.27. The molecule has 2 aromatic heterocycles. The lowest BCUT2D eigenvalue weighted by atomic mass is 10.2. The van der Waals surface area contributed by atoms with E-state index in [0.717, 1.165) is 15.7 Å². The number of nitrogens with zero attached hydrogens (tertiary/aromatic N) is 6. The van der Waals surface area contributed by atoms with Gasteiger partial charge in [-0.05, 0) is 16.8 Å². The first-order valence-electron chi connectivity index (χ1n) is 14.0. The van der Waals surface area contributed by atoms with E-state index < -0.39 is 85.2 Å². The third-order valence-corrected chi connectivity index (χ3v) is 8.59. The van der Waals surface area contributed by atoms with Crippen LogP contribution in [0.2, 0.25) is 0 Å². The van der Waals surface area contributed by atoms with E-state index in [0.29, 0.717) is 0 Å². The van der Waals surface area contributed by atoms with Crippen molar-refractivity contribution in [1.82, 2.24) is 29.3 Å². The number of nitrogens with one attached hydrogen (secondary N) is 1. The Morgan fingerprint density at radius 3 is 2.49 bits per heavy atom. The monoisotopic (exact) mass is 684 g/mol. The molecule has 0 bridgehead atoms. The van der Waals surface area contributed by atoms with Crippen LogP contribution in [0.25, 0.3) is 0 Å². The summed E-state index contributed by atoms with van der Waals surface area (Å²) in [6, 6.07) is -0.858. The average Bonchev–Trinajstić information content (AvgIpc) is 3.74. The number of methoxy groups -OCH3 is 2. The van der Waals surface area contributed by atoms with Crippen molar-refractivity contribution in [3.05, 3.63) is 67.0 Å². The van der Waals surface area contributed by atoms with Crippen LogP contribution in [0, 0.1) is 10.1 Å². The zero-order valence-corrected chi connectivity index (χ0v) is 26.1. The van der Waals surface area contributed by atoms with Gasteiger partial charge in [-0.15, -0.1) is 0 Å². The fraction of sp³-hybridized carbons (Fsp3) is 0.560. The minimum absolute atomic E-state index is 0.0607. The second-order valence-electron chi connectivity index (χ2n) is 10.8. The molecule has 47 heavy (non-hydrogen) atoms. The number of carbonyl (C=O) groups excluding carboxylic acids is 2. The first-order valence-corrected chi connectivity index (χ1v) is 15.5. The molecule has 0 aliphatic carbocycles. The van der Waals surface area contributed by atoms with Crippen LogP contribution in [0.3, 0.4) is 0 Å². The third kappa shape index (κ3) is 7.74. The van der Waals surface area contributed by atoms with Gasteiger partial charge in [-0.1, -0.05) is 0 Å². The van der Waals surface area contributed by atoms with Gasteiger partial charge in [-0.3, -0.25) is 33.1 Å². The maximum absolute atomic E-state index is 13.0. The van der Waals surface area contributed by atoms with Crippen molar-refractivity contribution >= 4 is 25.6 Å². The fourth-order valence-electron chi connectivity index (χ4n) is 5.27. The lowest BCUT2D eigenvalue weighted by Crippen LogP contribution is -2.45. The van der Waals surface area contributed by atoms with E-state index in [1.165, 1.54) is 44.4 Å². The van der Waals surface area contributed by atoms with Crippen LogP contribution in [0.1, 0.15) is 31.6 Å². The van der Waals surface area contributed by atoms with Gasteiger partial charge in [0.1, 0.15) is 37.0 Å². The maximum atomic E-state index is 13.0. The van der Waals surface area contributed by atoms with Crippen LogP contribution in [0.4, 0.5) is 10.6 Å². The van der Waals surface area contributed by atoms with Crippen LogP contribution in [-0.2, 0) is 43.9 Å². The highest BCUT2D eigenvalue weighted by molar-refractivity contribution is 7.47. The molecular weight excluding hydrogens is 653 g/mol. The van der Waals surface area contributed by atoms with E-state index in [1.54, 1.807) is 0 Å². The minimum Gasteiger partial charge on any atom is -0.382 e. The normalized spacial score (nSPS) is 27.5. The van der Waals surface area contributed by atoms with Crippen molar-refractivity contribution in [3.8, 4) is 0 Å². The number of hydrogen-bond acceptors (Lipinski definition) is 14. The highest BCUT2D eigenvalue weighted by Gasteiger charge is 2.46. The number of aromatic nitrogens is 4. The quantitative estimate of drug-likeness (QED) is 0.156. The number of phosphoric acid groups is 1. The van der Waals surface area contributed by atoms with Crippen LogP contribution in [0.15, 0.2) is 40.1 Å². The van der Waals surface area contributed by atoms with E-state index in [4.69, 9.17) is 28.0 Å². The molecule has 0 saturated carbocycles. The number of nitro groups is 1. The summed E-state index contributed by atoms with van der Waals surface area (Å²) in [5, 5.41) is 14.4. The summed E-state index contributed by atoms with van der Waals surface area (Å²) in [5.74, 6) is -1.10. The Morgan fingerprint density at radius 2 is 1.81 bits per heavy atom. The highest BCUT2D eigenvalue weighted by atomic mass is 31.2. The molecule has 1 unspecified atom stereocenters. The number of phosphoric ester groups is 1. The van der Waals surface area contributed by atoms with E-state index >= 15 is 0 Å². The predicted molar refractivity (Wildman–Crippen MR) is 153 cm³/mol. The maximum Gasteiger partial charge on any atom is 0.472 e. The number of ether oxygens (including phenoxy) is 4. The van der Waals surface area contributed by atoms with Crippen LogP contribution in [-0.4, -0.2) is 104 Å². The Balaban J connectivity index is 1.23. The van der Waals surface area contributed by atoms with Crippen molar-refractivity contribution in [1.29, 1.82) is 0 Å². The smallest absolute Gasteiger partial charge is 0.382 e. The Kier molecular flexibility index (Phi) is 10.2. The summed E-state index contributed by atoms with van der Waals surface area (Å²) in [4.78, 5) is 76.9. The Labute approximate surface area is 264 Å². The number of aromatic amines is 1.